The van der Waals surface area contributed by atoms with Crippen molar-refractivity contribution in [3.05, 3.63) is 0 Å². The first-order valence-corrected chi connectivity index (χ1v) is 7.18. The first kappa shape index (κ1) is 14.8. The molecule has 1 aliphatic carbocycles. The van der Waals surface area contributed by atoms with Crippen molar-refractivity contribution in [2.75, 3.05) is 27.4 Å². The van der Waals surface area contributed by atoms with Gasteiger partial charge in [0, 0.05) is 19.7 Å². The van der Waals surface area contributed by atoms with Gasteiger partial charge in [0.05, 0.1) is 31.8 Å². The Bertz CT molecular complexity index is 289. The van der Waals surface area contributed by atoms with E-state index in [-0.39, 0.29) is 11.9 Å². The number of rotatable bonds is 5. The van der Waals surface area contributed by atoms with Crippen molar-refractivity contribution in [3.8, 4) is 0 Å². The van der Waals surface area contributed by atoms with E-state index in [4.69, 9.17) is 14.2 Å². The lowest BCUT2D eigenvalue weighted by Gasteiger charge is -2.27. The van der Waals surface area contributed by atoms with Crippen LogP contribution >= 0.6 is 0 Å². The molecule has 0 aromatic heterocycles. The van der Waals surface area contributed by atoms with Crippen molar-refractivity contribution in [3.63, 3.8) is 0 Å². The predicted molar refractivity (Wildman–Crippen MR) is 70.9 cm³/mol. The minimum Gasteiger partial charge on any atom is -0.469 e. The van der Waals surface area contributed by atoms with Gasteiger partial charge in [0.25, 0.3) is 0 Å². The zero-order valence-electron chi connectivity index (χ0n) is 11.9. The molecule has 5 heteroatoms. The Morgan fingerprint density at radius 1 is 1.16 bits per heavy atom. The van der Waals surface area contributed by atoms with Crippen LogP contribution in [0.3, 0.4) is 0 Å². The van der Waals surface area contributed by atoms with Gasteiger partial charge in [0.15, 0.2) is 0 Å². The number of nitrogens with one attached hydrogen (secondary N) is 1. The molecule has 1 heterocycles. The first-order valence-electron chi connectivity index (χ1n) is 7.18. The van der Waals surface area contributed by atoms with Crippen molar-refractivity contribution in [1.82, 2.24) is 5.32 Å². The molecule has 0 spiro atoms. The summed E-state index contributed by atoms with van der Waals surface area (Å²) in [6, 6.07) is 0.406. The van der Waals surface area contributed by atoms with Crippen molar-refractivity contribution >= 4 is 5.97 Å². The molecule has 0 amide bonds. The number of hydrogen-bond acceptors (Lipinski definition) is 5. The molecule has 5 nitrogen and oxygen atoms in total. The smallest absolute Gasteiger partial charge is 0.308 e. The van der Waals surface area contributed by atoms with Gasteiger partial charge in [-0.1, -0.05) is 0 Å². The molecule has 2 fully saturated rings. The molecule has 2 aliphatic rings. The van der Waals surface area contributed by atoms with Gasteiger partial charge in [0.2, 0.25) is 0 Å². The fraction of sp³-hybridized carbons (Fsp3) is 0.929. The Hall–Kier alpha value is -0.650. The molecule has 1 N–H and O–H groups in total. The summed E-state index contributed by atoms with van der Waals surface area (Å²) >= 11 is 0. The molecule has 110 valence electrons. The second kappa shape index (κ2) is 7.22. The SMILES string of the molecule is COC(=O)[C@H]1CC[C@H](OC[C@@H]2C[C@H](OC)CN2)CC1. The third-order valence-corrected chi connectivity index (χ3v) is 4.26. The van der Waals surface area contributed by atoms with Gasteiger partial charge < -0.3 is 19.5 Å². The van der Waals surface area contributed by atoms with Crippen LogP contribution in [0.4, 0.5) is 0 Å². The van der Waals surface area contributed by atoms with Gasteiger partial charge in [-0.15, -0.1) is 0 Å². The zero-order valence-corrected chi connectivity index (χ0v) is 11.9. The van der Waals surface area contributed by atoms with Crippen LogP contribution in [0.15, 0.2) is 0 Å². The van der Waals surface area contributed by atoms with E-state index in [0.29, 0.717) is 18.2 Å². The average molecular weight is 271 g/mol. The van der Waals surface area contributed by atoms with Crippen LogP contribution in [-0.2, 0) is 19.0 Å². The second-order valence-electron chi connectivity index (χ2n) is 5.53. The van der Waals surface area contributed by atoms with Crippen LogP contribution in [0.25, 0.3) is 0 Å². The van der Waals surface area contributed by atoms with Gasteiger partial charge >= 0.3 is 5.97 Å². The Morgan fingerprint density at radius 3 is 2.47 bits per heavy atom. The highest BCUT2D eigenvalue weighted by Crippen LogP contribution is 2.27. The van der Waals surface area contributed by atoms with Crippen LogP contribution in [0.2, 0.25) is 0 Å². The van der Waals surface area contributed by atoms with E-state index in [1.165, 1.54) is 7.11 Å². The standard InChI is InChI=1S/C14H25NO4/c1-17-13-7-11(15-8-13)9-19-12-5-3-10(4-6-12)14(16)18-2/h10-13,15H,3-9H2,1-2H3/t10-,11-,12-,13-/m0/s1. The Balaban J connectivity index is 1.62. The summed E-state index contributed by atoms with van der Waals surface area (Å²) in [5, 5.41) is 3.41. The quantitative estimate of drug-likeness (QED) is 0.759. The monoisotopic (exact) mass is 271 g/mol. The second-order valence-corrected chi connectivity index (χ2v) is 5.53. The van der Waals surface area contributed by atoms with Crippen LogP contribution in [-0.4, -0.2) is 51.6 Å². The molecule has 2 rings (SSSR count). The molecule has 0 radical (unpaired) electrons. The lowest BCUT2D eigenvalue weighted by atomic mass is 9.87. The van der Waals surface area contributed by atoms with E-state index in [2.05, 4.69) is 5.32 Å². The van der Waals surface area contributed by atoms with Crippen LogP contribution in [0, 0.1) is 5.92 Å². The molecular weight excluding hydrogens is 246 g/mol. The van der Waals surface area contributed by atoms with Crippen molar-refractivity contribution in [2.45, 2.75) is 50.4 Å². The molecule has 0 unspecified atom stereocenters. The topological polar surface area (TPSA) is 56.8 Å². The number of methoxy groups -OCH3 is 2. The molecule has 0 aromatic rings. The summed E-state index contributed by atoms with van der Waals surface area (Å²) in [7, 11) is 3.21. The predicted octanol–water partition coefficient (Wildman–Crippen LogP) is 1.11. The largest absolute Gasteiger partial charge is 0.469 e. The van der Waals surface area contributed by atoms with Gasteiger partial charge in [-0.2, -0.15) is 0 Å². The Labute approximate surface area is 115 Å². The summed E-state index contributed by atoms with van der Waals surface area (Å²) in [6.07, 6.45) is 5.33. The average Bonchev–Trinajstić information content (AvgIpc) is 2.93. The van der Waals surface area contributed by atoms with Crippen molar-refractivity contribution in [2.24, 2.45) is 5.92 Å². The fourth-order valence-corrected chi connectivity index (χ4v) is 2.97. The summed E-state index contributed by atoms with van der Waals surface area (Å²) in [4.78, 5) is 11.4. The molecule has 19 heavy (non-hydrogen) atoms. The molecular formula is C14H25NO4. The third-order valence-electron chi connectivity index (χ3n) is 4.26. The maximum atomic E-state index is 11.4. The molecule has 1 saturated heterocycles. The number of carbonyl (C=O) groups is 1. The first-order chi connectivity index (χ1) is 9.22. The Morgan fingerprint density at radius 2 is 1.89 bits per heavy atom. The van der Waals surface area contributed by atoms with Crippen LogP contribution in [0.1, 0.15) is 32.1 Å². The number of carbonyl (C=O) groups excluding carboxylic acids is 1. The minimum absolute atomic E-state index is 0.0705. The van der Waals surface area contributed by atoms with Gasteiger partial charge in [0.1, 0.15) is 0 Å². The van der Waals surface area contributed by atoms with Gasteiger partial charge in [-0.25, -0.2) is 0 Å². The maximum absolute atomic E-state index is 11.4. The van der Waals surface area contributed by atoms with Gasteiger partial charge in [-0.3, -0.25) is 4.79 Å². The van der Waals surface area contributed by atoms with E-state index < -0.39 is 0 Å². The molecule has 1 saturated carbocycles. The maximum Gasteiger partial charge on any atom is 0.308 e. The lowest BCUT2D eigenvalue weighted by molar-refractivity contribution is -0.147. The highest BCUT2D eigenvalue weighted by atomic mass is 16.5. The van der Waals surface area contributed by atoms with E-state index in [1.54, 1.807) is 7.11 Å². The number of ether oxygens (including phenoxy) is 3. The molecule has 0 aromatic carbocycles. The lowest BCUT2D eigenvalue weighted by Crippen LogP contribution is -2.32. The zero-order chi connectivity index (χ0) is 13.7. The van der Waals surface area contributed by atoms with Crippen molar-refractivity contribution < 1.29 is 19.0 Å². The highest BCUT2D eigenvalue weighted by molar-refractivity contribution is 5.72. The normalized spacial score (nSPS) is 35.3. The highest BCUT2D eigenvalue weighted by Gasteiger charge is 2.29. The van der Waals surface area contributed by atoms with E-state index in [0.717, 1.165) is 45.3 Å². The minimum atomic E-state index is -0.0705. The van der Waals surface area contributed by atoms with E-state index >= 15 is 0 Å². The van der Waals surface area contributed by atoms with Crippen LogP contribution < -0.4 is 5.32 Å². The summed E-state index contributed by atoms with van der Waals surface area (Å²) < 4.78 is 16.1. The summed E-state index contributed by atoms with van der Waals surface area (Å²) in [6.45, 7) is 1.66. The summed E-state index contributed by atoms with van der Waals surface area (Å²) in [5.74, 6) is 0.00572. The molecule has 0 bridgehead atoms. The Kier molecular flexibility index (Phi) is 5.60. The number of hydrogen-bond donors (Lipinski definition) is 1. The molecule has 2 atom stereocenters. The van der Waals surface area contributed by atoms with E-state index in [1.807, 2.05) is 0 Å². The third kappa shape index (κ3) is 4.16. The fourth-order valence-electron chi connectivity index (χ4n) is 2.97. The van der Waals surface area contributed by atoms with E-state index in [9.17, 15) is 4.79 Å². The summed E-state index contributed by atoms with van der Waals surface area (Å²) in [5.41, 5.74) is 0. The number of esters is 1. The molecule has 1 aliphatic heterocycles. The van der Waals surface area contributed by atoms with Gasteiger partial charge in [-0.05, 0) is 32.1 Å². The van der Waals surface area contributed by atoms with Crippen LogP contribution in [0.5, 0.6) is 0 Å². The van der Waals surface area contributed by atoms with Crippen molar-refractivity contribution in [1.29, 1.82) is 0 Å².